The largest absolute Gasteiger partial charge is 0.262 e. The van der Waals surface area contributed by atoms with Crippen LogP contribution in [0, 0.1) is 47.7 Å². The van der Waals surface area contributed by atoms with E-state index in [0.29, 0.717) is 61.3 Å². The maximum Gasteiger partial charge on any atom is 0.262 e. The van der Waals surface area contributed by atoms with E-state index in [9.17, 15) is 5.26 Å². The Hall–Kier alpha value is -7.48. The minimum absolute atomic E-state index is 0.118. The second kappa shape index (κ2) is 12.4. The number of pyridine rings is 1. The SMILES string of the molecule is [C-]#[N+]c1ccc(-c2nc3cc(-c4c(F)c(F)c([N+]#[C-])c(F)c4F)c4c5ccccc5nc(-c5ccccc5)c4c3nc2-c2ccc(C#N)cc2)cc1. The molecular weight excluding hydrogens is 664 g/mol. The highest BCUT2D eigenvalue weighted by Gasteiger charge is 2.30. The molecule has 0 amide bonds. The molecule has 6 nitrogen and oxygen atoms in total. The summed E-state index contributed by atoms with van der Waals surface area (Å²) in [5.41, 5.74) is 1.88. The number of para-hydroxylation sites is 1. The monoisotopic (exact) mass is 682 g/mol. The lowest BCUT2D eigenvalue weighted by molar-refractivity contribution is 0.465. The second-order valence-electron chi connectivity index (χ2n) is 11.7. The Morgan fingerprint density at radius 2 is 1.13 bits per heavy atom. The Kier molecular flexibility index (Phi) is 7.60. The fraction of sp³-hybridized carbons (Fsp3) is 0. The third-order valence-electron chi connectivity index (χ3n) is 8.83. The first-order chi connectivity index (χ1) is 25.3. The van der Waals surface area contributed by atoms with Crippen molar-refractivity contribution in [2.75, 3.05) is 0 Å². The number of benzene rings is 6. The molecule has 2 aromatic heterocycles. The van der Waals surface area contributed by atoms with Gasteiger partial charge in [-0.2, -0.15) is 5.26 Å². The molecule has 0 atom stereocenters. The Morgan fingerprint density at radius 3 is 1.77 bits per heavy atom. The van der Waals surface area contributed by atoms with Gasteiger partial charge in [0.15, 0.2) is 29.0 Å². The summed E-state index contributed by atoms with van der Waals surface area (Å²) in [6.07, 6.45) is 0. The number of nitriles is 1. The van der Waals surface area contributed by atoms with Crippen LogP contribution < -0.4 is 0 Å². The number of nitrogens with zero attached hydrogens (tertiary/aromatic N) is 6. The van der Waals surface area contributed by atoms with E-state index in [1.807, 2.05) is 18.2 Å². The van der Waals surface area contributed by atoms with Crippen molar-refractivity contribution in [1.82, 2.24) is 15.0 Å². The molecule has 6 aromatic carbocycles. The van der Waals surface area contributed by atoms with E-state index in [1.165, 1.54) is 6.07 Å². The molecule has 0 bridgehead atoms. The van der Waals surface area contributed by atoms with E-state index >= 15 is 17.6 Å². The van der Waals surface area contributed by atoms with E-state index in [4.69, 9.17) is 28.1 Å². The lowest BCUT2D eigenvalue weighted by atomic mass is 9.90. The number of hydrogen-bond donors (Lipinski definition) is 0. The average Bonchev–Trinajstić information content (AvgIpc) is 3.20. The van der Waals surface area contributed by atoms with Gasteiger partial charge >= 0.3 is 0 Å². The van der Waals surface area contributed by atoms with Gasteiger partial charge in [0.25, 0.3) is 5.69 Å². The fourth-order valence-corrected chi connectivity index (χ4v) is 6.42. The molecule has 244 valence electrons. The highest BCUT2D eigenvalue weighted by molar-refractivity contribution is 6.25. The predicted octanol–water partition coefficient (Wildman–Crippen LogP) is 11.5. The molecule has 0 aliphatic carbocycles. The first-order valence-electron chi connectivity index (χ1n) is 15.7. The van der Waals surface area contributed by atoms with E-state index in [0.717, 1.165) is 0 Å². The molecule has 2 heterocycles. The molecule has 0 aliphatic rings. The lowest BCUT2D eigenvalue weighted by Crippen LogP contribution is -2.03. The van der Waals surface area contributed by atoms with Crippen molar-refractivity contribution in [1.29, 1.82) is 5.26 Å². The van der Waals surface area contributed by atoms with Crippen LogP contribution >= 0.6 is 0 Å². The first-order valence-corrected chi connectivity index (χ1v) is 15.7. The summed E-state index contributed by atoms with van der Waals surface area (Å²) >= 11 is 0. The number of aromatic nitrogens is 3. The standard InChI is InChI=1S/C42H18F4N6/c1-48-26-18-16-25(17-19-26)39-40(24-14-12-22(21-47)13-15-24)52-41-30(51-39)20-28(32-34(43)36(45)42(49-2)37(46)35(32)44)31-27-10-6-7-11-29(27)50-38(33(31)41)23-8-4-3-5-9-23/h3-20H. The maximum atomic E-state index is 16.1. The summed E-state index contributed by atoms with van der Waals surface area (Å²) < 4.78 is 62.8. The minimum atomic E-state index is -1.82. The molecule has 10 heteroatoms. The van der Waals surface area contributed by atoms with Gasteiger partial charge in [0, 0.05) is 27.3 Å². The summed E-state index contributed by atoms with van der Waals surface area (Å²) in [6, 6.07) is 32.7. The molecule has 0 saturated carbocycles. The number of rotatable bonds is 4. The highest BCUT2D eigenvalue weighted by Crippen LogP contribution is 2.46. The van der Waals surface area contributed by atoms with Crippen molar-refractivity contribution in [3.8, 4) is 51.0 Å². The molecule has 8 aromatic rings. The van der Waals surface area contributed by atoms with Crippen LogP contribution in [0.4, 0.5) is 28.9 Å². The van der Waals surface area contributed by atoms with Crippen LogP contribution in [0.1, 0.15) is 5.56 Å². The maximum absolute atomic E-state index is 16.1. The van der Waals surface area contributed by atoms with E-state index < -0.39 is 34.5 Å². The number of halogens is 4. The zero-order chi connectivity index (χ0) is 36.1. The minimum Gasteiger partial charge on any atom is -0.247 e. The Labute approximate surface area is 293 Å². The molecule has 0 unspecified atom stereocenters. The molecule has 52 heavy (non-hydrogen) atoms. The molecule has 0 N–H and O–H groups in total. The van der Waals surface area contributed by atoms with Crippen molar-refractivity contribution < 1.29 is 17.6 Å². The van der Waals surface area contributed by atoms with Gasteiger partial charge in [-0.3, -0.25) is 0 Å². The van der Waals surface area contributed by atoms with Crippen molar-refractivity contribution in [2.45, 2.75) is 0 Å². The molecule has 8 rings (SSSR count). The van der Waals surface area contributed by atoms with Crippen LogP contribution in [0.15, 0.2) is 109 Å². The molecule has 0 aliphatic heterocycles. The van der Waals surface area contributed by atoms with Crippen molar-refractivity contribution in [2.24, 2.45) is 0 Å². The molecular formula is C42H18F4N6. The predicted molar refractivity (Wildman–Crippen MR) is 191 cm³/mol. The van der Waals surface area contributed by atoms with E-state index in [2.05, 4.69) is 15.8 Å². The van der Waals surface area contributed by atoms with Crippen molar-refractivity contribution in [3.05, 3.63) is 161 Å². The van der Waals surface area contributed by atoms with Gasteiger partial charge < -0.3 is 0 Å². The van der Waals surface area contributed by atoms with Gasteiger partial charge in [-0.1, -0.05) is 84.9 Å². The molecule has 0 spiro atoms. The van der Waals surface area contributed by atoms with Crippen molar-refractivity contribution >= 4 is 44.1 Å². The smallest absolute Gasteiger partial charge is 0.247 e. The van der Waals surface area contributed by atoms with Gasteiger partial charge in [-0.05, 0) is 35.4 Å². The number of fused-ring (bicyclic) bond motifs is 5. The quantitative estimate of drug-likeness (QED) is 0.0802. The summed E-state index contributed by atoms with van der Waals surface area (Å²) in [4.78, 5) is 21.3. The van der Waals surface area contributed by atoms with E-state index in [-0.39, 0.29) is 22.0 Å². The van der Waals surface area contributed by atoms with Crippen LogP contribution in [0.25, 0.3) is 87.3 Å². The highest BCUT2D eigenvalue weighted by atomic mass is 19.2. The van der Waals surface area contributed by atoms with Gasteiger partial charge in [-0.25, -0.2) is 42.2 Å². The zero-order valence-corrected chi connectivity index (χ0v) is 26.6. The summed E-state index contributed by atoms with van der Waals surface area (Å²) in [7, 11) is 0. The third-order valence-corrected chi connectivity index (χ3v) is 8.83. The summed E-state index contributed by atoms with van der Waals surface area (Å²) in [5.74, 6) is -7.10. The topological polar surface area (TPSA) is 71.2 Å². The summed E-state index contributed by atoms with van der Waals surface area (Å²) in [5, 5.41) is 10.4. The van der Waals surface area contributed by atoms with Gasteiger partial charge in [0.2, 0.25) is 0 Å². The fourth-order valence-electron chi connectivity index (χ4n) is 6.42. The zero-order valence-electron chi connectivity index (χ0n) is 26.6. The Bertz CT molecular complexity index is 2880. The van der Waals surface area contributed by atoms with Gasteiger partial charge in [0.1, 0.15) is 0 Å². The lowest BCUT2D eigenvalue weighted by Gasteiger charge is -2.19. The number of hydrogen-bond acceptors (Lipinski definition) is 4. The molecule has 0 saturated heterocycles. The van der Waals surface area contributed by atoms with Crippen molar-refractivity contribution in [3.63, 3.8) is 0 Å². The van der Waals surface area contributed by atoms with Crippen LogP contribution in [0.3, 0.4) is 0 Å². The Morgan fingerprint density at radius 1 is 0.558 bits per heavy atom. The van der Waals surface area contributed by atoms with Crippen LogP contribution in [0.5, 0.6) is 0 Å². The molecule has 0 radical (unpaired) electrons. The van der Waals surface area contributed by atoms with Crippen LogP contribution in [0.2, 0.25) is 0 Å². The average molecular weight is 683 g/mol. The summed E-state index contributed by atoms with van der Waals surface area (Å²) in [6.45, 7) is 14.6. The first kappa shape index (κ1) is 31.8. The van der Waals surface area contributed by atoms with Gasteiger partial charge in [0.05, 0.1) is 64.0 Å². The van der Waals surface area contributed by atoms with Crippen LogP contribution in [-0.2, 0) is 0 Å². The second-order valence-corrected chi connectivity index (χ2v) is 11.7. The van der Waals surface area contributed by atoms with E-state index in [1.54, 1.807) is 84.9 Å². The molecule has 0 fully saturated rings. The van der Waals surface area contributed by atoms with Crippen LogP contribution in [-0.4, -0.2) is 15.0 Å². The normalized spacial score (nSPS) is 11.0. The van der Waals surface area contributed by atoms with Gasteiger partial charge in [-0.15, -0.1) is 0 Å². The third kappa shape index (κ3) is 4.96. The Balaban J connectivity index is 1.62.